The minimum absolute atomic E-state index is 0.270. The molecule has 1 N–H and O–H groups in total. The van der Waals surface area contributed by atoms with Crippen molar-refractivity contribution in [3.8, 4) is 11.1 Å². The zero-order valence-corrected chi connectivity index (χ0v) is 22.5. The number of benzene rings is 3. The van der Waals surface area contributed by atoms with Gasteiger partial charge in [-0.15, -0.1) is 11.3 Å². The molecule has 196 valence electrons. The minimum atomic E-state index is -0.892. The lowest BCUT2D eigenvalue weighted by molar-refractivity contribution is -0.118. The first kappa shape index (κ1) is 25.2. The molecule has 6 rings (SSSR count). The first-order valence-corrected chi connectivity index (χ1v) is 14.0. The van der Waals surface area contributed by atoms with Crippen LogP contribution in [0.15, 0.2) is 95.5 Å². The van der Waals surface area contributed by atoms with Crippen molar-refractivity contribution in [2.45, 2.75) is 24.8 Å². The molecule has 1 fully saturated rings. The Morgan fingerprint density at radius 2 is 1.72 bits per heavy atom. The number of aromatic nitrogens is 3. The van der Waals surface area contributed by atoms with Crippen LogP contribution < -0.4 is 10.9 Å². The topological polar surface area (TPSA) is 80.1 Å². The first-order chi connectivity index (χ1) is 19.1. The van der Waals surface area contributed by atoms with Gasteiger partial charge in [0, 0.05) is 11.6 Å². The monoisotopic (exact) mass is 535 g/mol. The van der Waals surface area contributed by atoms with Gasteiger partial charge in [0.1, 0.15) is 6.04 Å². The number of likely N-dealkylation sites (tertiary alicyclic amines) is 1. The van der Waals surface area contributed by atoms with Gasteiger partial charge in [0.25, 0.3) is 11.5 Å². The zero-order chi connectivity index (χ0) is 26.8. The molecule has 1 aliphatic rings. The lowest BCUT2D eigenvalue weighted by Crippen LogP contribution is -2.34. The zero-order valence-electron chi connectivity index (χ0n) is 21.7. The van der Waals surface area contributed by atoms with Crippen molar-refractivity contribution >= 4 is 33.3 Å². The highest BCUT2D eigenvalue weighted by Crippen LogP contribution is 2.30. The Kier molecular flexibility index (Phi) is 7.04. The van der Waals surface area contributed by atoms with Crippen LogP contribution >= 0.6 is 11.3 Å². The van der Waals surface area contributed by atoms with Gasteiger partial charge < -0.3 is 4.90 Å². The largest absolute Gasteiger partial charge is 0.306 e. The highest BCUT2D eigenvalue weighted by Gasteiger charge is 2.25. The number of piperidine rings is 1. The highest BCUT2D eigenvalue weighted by molar-refractivity contribution is 7.13. The summed E-state index contributed by atoms with van der Waals surface area (Å²) in [7, 11) is 2.18. The smallest absolute Gasteiger partial charge is 0.262 e. The van der Waals surface area contributed by atoms with Gasteiger partial charge >= 0.3 is 0 Å². The quantitative estimate of drug-likeness (QED) is 0.308. The number of thiazole rings is 1. The van der Waals surface area contributed by atoms with Crippen LogP contribution in [0.5, 0.6) is 0 Å². The lowest BCUT2D eigenvalue weighted by Gasteiger charge is -2.29. The van der Waals surface area contributed by atoms with Crippen LogP contribution in [-0.2, 0) is 4.79 Å². The second-order valence-corrected chi connectivity index (χ2v) is 10.9. The number of nitrogens with zero attached hydrogens (tertiary/aromatic N) is 4. The third kappa shape index (κ3) is 5.26. The first-order valence-electron chi connectivity index (χ1n) is 13.1. The molecule has 39 heavy (non-hydrogen) atoms. The molecule has 0 spiro atoms. The van der Waals surface area contributed by atoms with Crippen LogP contribution in [0.25, 0.3) is 22.0 Å². The maximum absolute atomic E-state index is 13.8. The summed E-state index contributed by atoms with van der Waals surface area (Å²) in [6, 6.07) is 22.8. The Morgan fingerprint density at radius 1 is 0.974 bits per heavy atom. The number of carbonyl (C=O) groups excluding carboxylic acids is 1. The second-order valence-electron chi connectivity index (χ2n) is 10.0. The van der Waals surface area contributed by atoms with Gasteiger partial charge in [0.05, 0.1) is 17.2 Å². The van der Waals surface area contributed by atoms with Crippen LogP contribution in [0.3, 0.4) is 0 Å². The van der Waals surface area contributed by atoms with Crippen molar-refractivity contribution in [2.24, 2.45) is 0 Å². The van der Waals surface area contributed by atoms with Crippen molar-refractivity contribution in [3.63, 3.8) is 0 Å². The summed E-state index contributed by atoms with van der Waals surface area (Å²) in [6.07, 6.45) is 5.44. The maximum atomic E-state index is 13.8. The van der Waals surface area contributed by atoms with Crippen LogP contribution in [0.4, 0.5) is 5.13 Å². The summed E-state index contributed by atoms with van der Waals surface area (Å²) in [6.45, 7) is 2.25. The van der Waals surface area contributed by atoms with Crippen LogP contribution in [-0.4, -0.2) is 45.5 Å². The Hall–Kier alpha value is -4.14. The Balaban J connectivity index is 1.35. The van der Waals surface area contributed by atoms with Crippen LogP contribution in [0, 0.1) is 0 Å². The summed E-state index contributed by atoms with van der Waals surface area (Å²) < 4.78 is 1.41. The summed E-state index contributed by atoms with van der Waals surface area (Å²) in [5.41, 5.74) is 4.37. The molecule has 0 aliphatic carbocycles. The number of amides is 1. The molecular weight excluding hydrogens is 506 g/mol. The molecule has 8 heteroatoms. The van der Waals surface area contributed by atoms with E-state index in [-0.39, 0.29) is 11.5 Å². The molecule has 0 bridgehead atoms. The molecule has 1 atom stereocenters. The summed E-state index contributed by atoms with van der Waals surface area (Å²) in [4.78, 5) is 38.4. The Bertz CT molecular complexity index is 1640. The summed E-state index contributed by atoms with van der Waals surface area (Å²) in [5.74, 6) is 0.244. The SMILES string of the molecule is CN1CCC(c2ccc(-c3ccc4ncn(C(C(=O)Nc5nccs5)c5ccccc5)c(=O)c4c3)cc2)CC1. The fraction of sp³-hybridized carbons (Fsp3) is 0.226. The van der Waals surface area contributed by atoms with Crippen LogP contribution in [0.2, 0.25) is 0 Å². The van der Waals surface area contributed by atoms with E-state index in [1.807, 2.05) is 48.5 Å². The molecule has 2 aromatic heterocycles. The fourth-order valence-corrected chi connectivity index (χ4v) is 5.85. The minimum Gasteiger partial charge on any atom is -0.306 e. The lowest BCUT2D eigenvalue weighted by atomic mass is 9.88. The van der Waals surface area contributed by atoms with Gasteiger partial charge in [0.15, 0.2) is 5.13 Å². The maximum Gasteiger partial charge on any atom is 0.262 e. The highest BCUT2D eigenvalue weighted by atomic mass is 32.1. The number of hydrogen-bond donors (Lipinski definition) is 1. The predicted molar refractivity (Wildman–Crippen MR) is 156 cm³/mol. The molecule has 3 aromatic carbocycles. The molecule has 0 radical (unpaired) electrons. The predicted octanol–water partition coefficient (Wildman–Crippen LogP) is 5.56. The standard InChI is InChI=1S/C31H29N5O2S/c1-35-16-13-23(14-17-35)21-7-9-22(10-8-21)25-11-12-27-26(19-25)30(38)36(20-33-27)28(24-5-3-2-4-6-24)29(37)34-31-32-15-18-39-31/h2-12,15,18-20,23,28H,13-14,16-17H2,1H3,(H,32,34,37). The number of anilines is 1. The molecular formula is C31H29N5O2S. The van der Waals surface area contributed by atoms with Gasteiger partial charge in [-0.1, -0.05) is 60.7 Å². The molecule has 1 aliphatic heterocycles. The van der Waals surface area contributed by atoms with Gasteiger partial charge in [-0.05, 0) is 73.3 Å². The van der Waals surface area contributed by atoms with E-state index >= 15 is 0 Å². The number of fused-ring (bicyclic) bond motifs is 1. The van der Waals surface area contributed by atoms with Gasteiger partial charge in [-0.3, -0.25) is 19.5 Å². The van der Waals surface area contributed by atoms with E-state index < -0.39 is 6.04 Å². The average Bonchev–Trinajstić information content (AvgIpc) is 3.48. The van der Waals surface area contributed by atoms with Gasteiger partial charge in [-0.2, -0.15) is 0 Å². The Labute approximate surface area is 230 Å². The van der Waals surface area contributed by atoms with Crippen molar-refractivity contribution in [3.05, 3.63) is 112 Å². The van der Waals surface area contributed by atoms with E-state index in [1.54, 1.807) is 11.6 Å². The van der Waals surface area contributed by atoms with Crippen molar-refractivity contribution in [1.29, 1.82) is 0 Å². The van der Waals surface area contributed by atoms with E-state index in [4.69, 9.17) is 0 Å². The molecule has 1 amide bonds. The van der Waals surface area contributed by atoms with Gasteiger partial charge in [-0.25, -0.2) is 9.97 Å². The number of nitrogens with one attached hydrogen (secondary N) is 1. The third-order valence-electron chi connectivity index (χ3n) is 7.52. The second kappa shape index (κ2) is 10.9. The Morgan fingerprint density at radius 3 is 2.44 bits per heavy atom. The van der Waals surface area contributed by atoms with Gasteiger partial charge in [0.2, 0.25) is 0 Å². The van der Waals surface area contributed by atoms with Crippen molar-refractivity contribution in [2.75, 3.05) is 25.5 Å². The number of carbonyl (C=O) groups is 1. The molecule has 1 unspecified atom stereocenters. The summed E-state index contributed by atoms with van der Waals surface area (Å²) in [5, 5.41) is 5.58. The van der Waals surface area contributed by atoms with Crippen LogP contribution in [0.1, 0.15) is 35.9 Å². The molecule has 3 heterocycles. The summed E-state index contributed by atoms with van der Waals surface area (Å²) >= 11 is 1.33. The molecule has 0 saturated carbocycles. The normalized spacial score (nSPS) is 15.3. The molecule has 1 saturated heterocycles. The van der Waals surface area contributed by atoms with E-state index in [9.17, 15) is 9.59 Å². The van der Waals surface area contributed by atoms with Crippen molar-refractivity contribution in [1.82, 2.24) is 19.4 Å². The number of rotatable bonds is 6. The molecule has 7 nitrogen and oxygen atoms in total. The molecule has 5 aromatic rings. The third-order valence-corrected chi connectivity index (χ3v) is 8.21. The average molecular weight is 536 g/mol. The van der Waals surface area contributed by atoms with E-state index in [1.165, 1.54) is 40.6 Å². The van der Waals surface area contributed by atoms with E-state index in [0.29, 0.717) is 27.5 Å². The van der Waals surface area contributed by atoms with Crippen molar-refractivity contribution < 1.29 is 4.79 Å². The van der Waals surface area contributed by atoms with E-state index in [2.05, 4.69) is 51.5 Å². The fourth-order valence-electron chi connectivity index (χ4n) is 5.32. The van der Waals surface area contributed by atoms with E-state index in [0.717, 1.165) is 24.2 Å². The number of hydrogen-bond acceptors (Lipinski definition) is 6.